The van der Waals surface area contributed by atoms with Gasteiger partial charge in [0.05, 0.1) is 17.2 Å². The van der Waals surface area contributed by atoms with Gasteiger partial charge in [0.15, 0.2) is 0 Å². The fraction of sp³-hybridized carbons (Fsp3) is 0.385. The third-order valence-electron chi connectivity index (χ3n) is 3.42. The fourth-order valence-corrected chi connectivity index (χ4v) is 2.24. The normalized spacial score (nSPS) is 16.2. The molecule has 1 fully saturated rings. The van der Waals surface area contributed by atoms with Crippen LogP contribution in [0.4, 0.5) is 0 Å². The summed E-state index contributed by atoms with van der Waals surface area (Å²) in [4.78, 5) is 16.0. The topological polar surface area (TPSA) is 34.9 Å². The Morgan fingerprint density at radius 1 is 1.31 bits per heavy atom. The highest BCUT2D eigenvalue weighted by Gasteiger charge is 2.19. The maximum Gasteiger partial charge on any atom is 0.269 e. The average molecular weight is 214 g/mol. The number of hydrogen-bond donors (Lipinski definition) is 0. The zero-order valence-corrected chi connectivity index (χ0v) is 9.10. The molecule has 0 aliphatic heterocycles. The lowest BCUT2D eigenvalue weighted by molar-refractivity contribution is 0.277. The van der Waals surface area contributed by atoms with Gasteiger partial charge in [-0.1, -0.05) is 18.6 Å². The molecule has 1 aromatic heterocycles. The number of benzene rings is 1. The van der Waals surface area contributed by atoms with Gasteiger partial charge in [-0.25, -0.2) is 4.98 Å². The van der Waals surface area contributed by atoms with Crippen molar-refractivity contribution in [3.8, 4) is 0 Å². The van der Waals surface area contributed by atoms with E-state index in [1.54, 1.807) is 0 Å². The van der Waals surface area contributed by atoms with Crippen LogP contribution in [0.3, 0.4) is 0 Å². The van der Waals surface area contributed by atoms with Crippen LogP contribution in [0, 0.1) is 5.92 Å². The summed E-state index contributed by atoms with van der Waals surface area (Å²) >= 11 is 0. The van der Waals surface area contributed by atoms with Crippen molar-refractivity contribution in [2.24, 2.45) is 5.92 Å². The molecule has 3 heteroatoms. The predicted octanol–water partition coefficient (Wildman–Crippen LogP) is 2.20. The van der Waals surface area contributed by atoms with Crippen molar-refractivity contribution in [1.29, 1.82) is 0 Å². The van der Waals surface area contributed by atoms with Crippen LogP contribution < -0.4 is 5.56 Å². The quantitative estimate of drug-likeness (QED) is 0.768. The van der Waals surface area contributed by atoms with Gasteiger partial charge in [0.1, 0.15) is 0 Å². The van der Waals surface area contributed by atoms with Crippen molar-refractivity contribution in [3.63, 3.8) is 0 Å². The first kappa shape index (κ1) is 9.58. The molecule has 0 spiro atoms. The molecule has 1 saturated carbocycles. The molecule has 0 saturated heterocycles. The molecule has 0 N–H and O–H groups in total. The van der Waals surface area contributed by atoms with Crippen LogP contribution in [0.2, 0.25) is 0 Å². The standard InChI is InChI=1S/C13H14N2O/c16-13-8-14-11-6-1-2-7-12(11)15(13)9-10-4-3-5-10/h1-2,6-8,10H,3-5,9H2. The molecule has 16 heavy (non-hydrogen) atoms. The molecule has 3 rings (SSSR count). The Balaban J connectivity index is 2.12. The van der Waals surface area contributed by atoms with Gasteiger partial charge in [-0.05, 0) is 30.9 Å². The van der Waals surface area contributed by atoms with E-state index in [1.165, 1.54) is 25.5 Å². The summed E-state index contributed by atoms with van der Waals surface area (Å²) in [5.74, 6) is 0.684. The highest BCUT2D eigenvalue weighted by atomic mass is 16.1. The zero-order valence-electron chi connectivity index (χ0n) is 9.10. The van der Waals surface area contributed by atoms with Gasteiger partial charge in [0.25, 0.3) is 5.56 Å². The van der Waals surface area contributed by atoms with Gasteiger partial charge < -0.3 is 4.57 Å². The number of nitrogens with zero attached hydrogens (tertiary/aromatic N) is 2. The van der Waals surface area contributed by atoms with E-state index in [4.69, 9.17) is 0 Å². The fourth-order valence-electron chi connectivity index (χ4n) is 2.24. The van der Waals surface area contributed by atoms with Crippen molar-refractivity contribution >= 4 is 11.0 Å². The number of fused-ring (bicyclic) bond motifs is 1. The molecule has 1 heterocycles. The van der Waals surface area contributed by atoms with Crippen LogP contribution in [-0.4, -0.2) is 9.55 Å². The van der Waals surface area contributed by atoms with E-state index < -0.39 is 0 Å². The van der Waals surface area contributed by atoms with Gasteiger partial charge in [-0.2, -0.15) is 0 Å². The molecule has 82 valence electrons. The lowest BCUT2D eigenvalue weighted by Gasteiger charge is -2.26. The van der Waals surface area contributed by atoms with Gasteiger partial charge >= 0.3 is 0 Å². The molecular formula is C13H14N2O. The maximum absolute atomic E-state index is 11.8. The zero-order chi connectivity index (χ0) is 11.0. The Labute approximate surface area is 93.7 Å². The van der Waals surface area contributed by atoms with Gasteiger partial charge in [-0.3, -0.25) is 4.79 Å². The summed E-state index contributed by atoms with van der Waals surface area (Å²) in [6, 6.07) is 7.84. The molecule has 1 aliphatic carbocycles. The van der Waals surface area contributed by atoms with Gasteiger partial charge in [0.2, 0.25) is 0 Å². The van der Waals surface area contributed by atoms with Crippen molar-refractivity contribution in [1.82, 2.24) is 9.55 Å². The van der Waals surface area contributed by atoms with E-state index >= 15 is 0 Å². The second-order valence-corrected chi connectivity index (χ2v) is 4.49. The second kappa shape index (κ2) is 3.74. The minimum Gasteiger partial charge on any atom is -0.305 e. The lowest BCUT2D eigenvalue weighted by atomic mass is 9.85. The average Bonchev–Trinajstić information content (AvgIpc) is 2.25. The Kier molecular flexibility index (Phi) is 2.24. The lowest BCUT2D eigenvalue weighted by Crippen LogP contribution is -2.27. The molecule has 2 aromatic rings. The van der Waals surface area contributed by atoms with E-state index in [0.717, 1.165) is 17.6 Å². The largest absolute Gasteiger partial charge is 0.305 e. The summed E-state index contributed by atoms with van der Waals surface area (Å²) < 4.78 is 1.87. The minimum atomic E-state index is 0.0191. The molecule has 1 aromatic carbocycles. The first-order valence-electron chi connectivity index (χ1n) is 5.79. The highest BCUT2D eigenvalue weighted by Crippen LogP contribution is 2.28. The summed E-state index contributed by atoms with van der Waals surface area (Å²) in [7, 11) is 0. The number of rotatable bonds is 2. The van der Waals surface area contributed by atoms with Crippen LogP contribution in [0.5, 0.6) is 0 Å². The molecular weight excluding hydrogens is 200 g/mol. The predicted molar refractivity (Wildman–Crippen MR) is 63.3 cm³/mol. The number of para-hydroxylation sites is 2. The molecule has 0 unspecified atom stereocenters. The van der Waals surface area contributed by atoms with Crippen LogP contribution in [-0.2, 0) is 6.54 Å². The maximum atomic E-state index is 11.8. The summed E-state index contributed by atoms with van der Waals surface area (Å²) in [5, 5.41) is 0. The van der Waals surface area contributed by atoms with E-state index in [2.05, 4.69) is 4.98 Å². The molecule has 0 amide bonds. The number of hydrogen-bond acceptors (Lipinski definition) is 2. The molecule has 1 aliphatic rings. The monoisotopic (exact) mass is 214 g/mol. The van der Waals surface area contributed by atoms with Crippen molar-refractivity contribution in [2.45, 2.75) is 25.8 Å². The van der Waals surface area contributed by atoms with Gasteiger partial charge in [-0.15, -0.1) is 0 Å². The summed E-state index contributed by atoms with van der Waals surface area (Å²) in [6.45, 7) is 0.849. The van der Waals surface area contributed by atoms with Crippen LogP contribution in [0.1, 0.15) is 19.3 Å². The summed E-state index contributed by atoms with van der Waals surface area (Å²) in [6.07, 6.45) is 5.25. The Morgan fingerprint density at radius 3 is 2.88 bits per heavy atom. The Bertz CT molecular complexity index is 569. The van der Waals surface area contributed by atoms with E-state index in [1.807, 2.05) is 28.8 Å². The molecule has 0 radical (unpaired) electrons. The number of aromatic nitrogens is 2. The van der Waals surface area contributed by atoms with Gasteiger partial charge in [0, 0.05) is 6.54 Å². The van der Waals surface area contributed by atoms with Crippen molar-refractivity contribution in [3.05, 3.63) is 40.8 Å². The summed E-state index contributed by atoms with van der Waals surface area (Å²) in [5.41, 5.74) is 1.88. The highest BCUT2D eigenvalue weighted by molar-refractivity contribution is 5.74. The van der Waals surface area contributed by atoms with E-state index in [0.29, 0.717) is 5.92 Å². The van der Waals surface area contributed by atoms with Crippen molar-refractivity contribution in [2.75, 3.05) is 0 Å². The Hall–Kier alpha value is -1.64. The van der Waals surface area contributed by atoms with Crippen LogP contribution >= 0.6 is 0 Å². The molecule has 3 nitrogen and oxygen atoms in total. The van der Waals surface area contributed by atoms with E-state index in [-0.39, 0.29) is 5.56 Å². The smallest absolute Gasteiger partial charge is 0.269 e. The van der Waals surface area contributed by atoms with Crippen LogP contribution in [0.15, 0.2) is 35.3 Å². The second-order valence-electron chi connectivity index (χ2n) is 4.49. The minimum absolute atomic E-state index is 0.0191. The first-order valence-corrected chi connectivity index (χ1v) is 5.79. The molecule has 0 bridgehead atoms. The van der Waals surface area contributed by atoms with Crippen LogP contribution in [0.25, 0.3) is 11.0 Å². The molecule has 0 atom stereocenters. The SMILES string of the molecule is O=c1cnc2ccccc2n1CC1CCC1. The van der Waals surface area contributed by atoms with Crippen molar-refractivity contribution < 1.29 is 0 Å². The third-order valence-corrected chi connectivity index (χ3v) is 3.42. The Morgan fingerprint density at radius 2 is 2.12 bits per heavy atom. The first-order chi connectivity index (χ1) is 7.84. The third kappa shape index (κ3) is 1.52. The van der Waals surface area contributed by atoms with E-state index in [9.17, 15) is 4.79 Å².